The van der Waals surface area contributed by atoms with Crippen LogP contribution in [0, 0.1) is 5.82 Å². The van der Waals surface area contributed by atoms with Crippen LogP contribution in [0.4, 0.5) is 4.39 Å². The molecule has 0 bridgehead atoms. The highest BCUT2D eigenvalue weighted by atomic mass is 19.1. The smallest absolute Gasteiger partial charge is 0.123 e. The Kier molecular flexibility index (Phi) is 3.34. The van der Waals surface area contributed by atoms with Gasteiger partial charge in [-0.15, -0.1) is 0 Å². The first-order valence-corrected chi connectivity index (χ1v) is 5.41. The fourth-order valence-electron chi connectivity index (χ4n) is 2.03. The summed E-state index contributed by atoms with van der Waals surface area (Å²) in [6, 6.07) is 6.66. The van der Waals surface area contributed by atoms with Crippen molar-refractivity contribution in [3.05, 3.63) is 35.6 Å². The molecule has 1 saturated carbocycles. The van der Waals surface area contributed by atoms with Crippen molar-refractivity contribution in [2.24, 2.45) is 0 Å². The number of benzene rings is 1. The van der Waals surface area contributed by atoms with Gasteiger partial charge in [-0.05, 0) is 37.0 Å². The van der Waals surface area contributed by atoms with Crippen molar-refractivity contribution < 1.29 is 9.50 Å². The molecule has 0 radical (unpaired) electrons. The molecule has 1 aromatic carbocycles. The predicted octanol–water partition coefficient (Wildman–Crippen LogP) is 1.83. The molecular weight excluding hydrogens is 193 g/mol. The summed E-state index contributed by atoms with van der Waals surface area (Å²) in [6.45, 7) is 0.696. The maximum Gasteiger partial charge on any atom is 0.123 e. The van der Waals surface area contributed by atoms with Crippen LogP contribution >= 0.6 is 0 Å². The Hall–Kier alpha value is -0.930. The van der Waals surface area contributed by atoms with Crippen LogP contribution in [-0.2, 0) is 6.54 Å². The van der Waals surface area contributed by atoms with E-state index in [4.69, 9.17) is 0 Å². The lowest BCUT2D eigenvalue weighted by atomic mass is 10.1. The lowest BCUT2D eigenvalue weighted by molar-refractivity contribution is 0.148. The third-order valence-electron chi connectivity index (χ3n) is 2.96. The molecule has 2 N–H and O–H groups in total. The molecule has 1 aromatic rings. The molecule has 0 aromatic heterocycles. The standard InChI is InChI=1S/C12H16FNO/c13-10-6-4-9(5-7-10)8-14-11-2-1-3-12(11)15/h4-7,11-12,14-15H,1-3,8H2. The van der Waals surface area contributed by atoms with Gasteiger partial charge in [-0.1, -0.05) is 12.1 Å². The average Bonchev–Trinajstić information content (AvgIpc) is 2.63. The number of rotatable bonds is 3. The van der Waals surface area contributed by atoms with Crippen LogP contribution in [-0.4, -0.2) is 17.3 Å². The molecule has 2 rings (SSSR count). The van der Waals surface area contributed by atoms with E-state index in [-0.39, 0.29) is 18.0 Å². The summed E-state index contributed by atoms with van der Waals surface area (Å²) in [5.74, 6) is -0.209. The van der Waals surface area contributed by atoms with E-state index in [0.29, 0.717) is 6.54 Å². The topological polar surface area (TPSA) is 32.3 Å². The lowest BCUT2D eigenvalue weighted by Crippen LogP contribution is -2.34. The van der Waals surface area contributed by atoms with Crippen LogP contribution in [0.3, 0.4) is 0 Å². The van der Waals surface area contributed by atoms with Crippen molar-refractivity contribution in [3.8, 4) is 0 Å². The summed E-state index contributed by atoms with van der Waals surface area (Å²) in [7, 11) is 0. The minimum atomic E-state index is -0.217. The Balaban J connectivity index is 1.85. The Morgan fingerprint density at radius 2 is 2.00 bits per heavy atom. The van der Waals surface area contributed by atoms with Crippen molar-refractivity contribution in [3.63, 3.8) is 0 Å². The van der Waals surface area contributed by atoms with E-state index in [1.54, 1.807) is 12.1 Å². The van der Waals surface area contributed by atoms with E-state index in [1.807, 2.05) is 0 Å². The summed E-state index contributed by atoms with van der Waals surface area (Å²) in [5, 5.41) is 12.9. The van der Waals surface area contributed by atoms with Gasteiger partial charge in [0.1, 0.15) is 5.82 Å². The van der Waals surface area contributed by atoms with Gasteiger partial charge >= 0.3 is 0 Å². The molecule has 3 heteroatoms. The predicted molar refractivity (Wildman–Crippen MR) is 56.9 cm³/mol. The van der Waals surface area contributed by atoms with E-state index in [0.717, 1.165) is 24.8 Å². The Morgan fingerprint density at radius 3 is 2.60 bits per heavy atom. The number of aliphatic hydroxyl groups is 1. The first kappa shape index (κ1) is 10.6. The minimum absolute atomic E-state index is 0.204. The molecule has 2 nitrogen and oxygen atoms in total. The van der Waals surface area contributed by atoms with Crippen LogP contribution in [0.1, 0.15) is 24.8 Å². The third kappa shape index (κ3) is 2.76. The molecular formula is C12H16FNO. The molecule has 1 fully saturated rings. The van der Waals surface area contributed by atoms with E-state index >= 15 is 0 Å². The van der Waals surface area contributed by atoms with Gasteiger partial charge in [-0.2, -0.15) is 0 Å². The summed E-state index contributed by atoms with van der Waals surface area (Å²) in [6.07, 6.45) is 2.79. The van der Waals surface area contributed by atoms with Gasteiger partial charge < -0.3 is 10.4 Å². The highest BCUT2D eigenvalue weighted by molar-refractivity contribution is 5.15. The van der Waals surface area contributed by atoms with Crippen molar-refractivity contribution in [2.75, 3.05) is 0 Å². The second kappa shape index (κ2) is 4.73. The van der Waals surface area contributed by atoms with Gasteiger partial charge in [-0.25, -0.2) is 4.39 Å². The largest absolute Gasteiger partial charge is 0.392 e. The molecule has 2 atom stereocenters. The van der Waals surface area contributed by atoms with Crippen LogP contribution in [0.15, 0.2) is 24.3 Å². The van der Waals surface area contributed by atoms with Crippen molar-refractivity contribution >= 4 is 0 Å². The molecule has 0 amide bonds. The van der Waals surface area contributed by atoms with Crippen molar-refractivity contribution in [2.45, 2.75) is 38.0 Å². The highest BCUT2D eigenvalue weighted by Gasteiger charge is 2.24. The Morgan fingerprint density at radius 1 is 1.27 bits per heavy atom. The Bertz CT molecular complexity index is 312. The van der Waals surface area contributed by atoms with Crippen molar-refractivity contribution in [1.82, 2.24) is 5.32 Å². The molecule has 82 valence electrons. The van der Waals surface area contributed by atoms with Crippen molar-refractivity contribution in [1.29, 1.82) is 0 Å². The fraction of sp³-hybridized carbons (Fsp3) is 0.500. The third-order valence-corrected chi connectivity index (χ3v) is 2.96. The molecule has 0 saturated heterocycles. The van der Waals surface area contributed by atoms with Crippen LogP contribution in [0.2, 0.25) is 0 Å². The summed E-state index contributed by atoms with van der Waals surface area (Å²) in [5.41, 5.74) is 1.05. The number of nitrogens with one attached hydrogen (secondary N) is 1. The molecule has 1 aliphatic carbocycles. The first-order chi connectivity index (χ1) is 7.25. The van der Waals surface area contributed by atoms with Gasteiger partial charge in [0.15, 0.2) is 0 Å². The second-order valence-corrected chi connectivity index (χ2v) is 4.11. The van der Waals surface area contributed by atoms with E-state index < -0.39 is 0 Å². The van der Waals surface area contributed by atoms with Gasteiger partial charge in [-0.3, -0.25) is 0 Å². The zero-order valence-electron chi connectivity index (χ0n) is 8.62. The molecule has 0 aliphatic heterocycles. The first-order valence-electron chi connectivity index (χ1n) is 5.41. The highest BCUT2D eigenvalue weighted by Crippen LogP contribution is 2.19. The van der Waals surface area contributed by atoms with E-state index in [9.17, 15) is 9.50 Å². The average molecular weight is 209 g/mol. The second-order valence-electron chi connectivity index (χ2n) is 4.11. The maximum absolute atomic E-state index is 12.6. The van der Waals surface area contributed by atoms with E-state index in [2.05, 4.69) is 5.32 Å². The van der Waals surface area contributed by atoms with Crippen LogP contribution < -0.4 is 5.32 Å². The molecule has 15 heavy (non-hydrogen) atoms. The number of hydrogen-bond acceptors (Lipinski definition) is 2. The van der Waals surface area contributed by atoms with Gasteiger partial charge in [0.05, 0.1) is 6.10 Å². The number of hydrogen-bond donors (Lipinski definition) is 2. The summed E-state index contributed by atoms with van der Waals surface area (Å²) in [4.78, 5) is 0. The van der Waals surface area contributed by atoms with Crippen LogP contribution in [0.5, 0.6) is 0 Å². The lowest BCUT2D eigenvalue weighted by Gasteiger charge is -2.16. The normalized spacial score (nSPS) is 25.7. The Labute approximate surface area is 89.1 Å². The quantitative estimate of drug-likeness (QED) is 0.796. The summed E-state index contributed by atoms with van der Waals surface area (Å²) < 4.78 is 12.6. The number of aliphatic hydroxyl groups excluding tert-OH is 1. The maximum atomic E-state index is 12.6. The number of halogens is 1. The van der Waals surface area contributed by atoms with E-state index in [1.165, 1.54) is 12.1 Å². The van der Waals surface area contributed by atoms with Gasteiger partial charge in [0.2, 0.25) is 0 Å². The monoisotopic (exact) mass is 209 g/mol. The SMILES string of the molecule is OC1CCCC1NCc1ccc(F)cc1. The minimum Gasteiger partial charge on any atom is -0.392 e. The molecule has 0 spiro atoms. The zero-order valence-corrected chi connectivity index (χ0v) is 8.62. The summed E-state index contributed by atoms with van der Waals surface area (Å²) >= 11 is 0. The molecule has 2 unspecified atom stereocenters. The van der Waals surface area contributed by atoms with Gasteiger partial charge in [0, 0.05) is 12.6 Å². The molecule has 0 heterocycles. The zero-order chi connectivity index (χ0) is 10.7. The fourth-order valence-corrected chi connectivity index (χ4v) is 2.03. The van der Waals surface area contributed by atoms with Gasteiger partial charge in [0.25, 0.3) is 0 Å². The van der Waals surface area contributed by atoms with Crippen LogP contribution in [0.25, 0.3) is 0 Å². The molecule has 1 aliphatic rings.